The van der Waals surface area contributed by atoms with Crippen molar-refractivity contribution >= 4 is 11.8 Å². The lowest BCUT2D eigenvalue weighted by Crippen LogP contribution is -2.52. The highest BCUT2D eigenvalue weighted by molar-refractivity contribution is 5.97. The average Bonchev–Trinajstić information content (AvgIpc) is 2.60. The lowest BCUT2D eigenvalue weighted by atomic mass is 10.0. The molecule has 6 nitrogen and oxygen atoms in total. The molecule has 1 unspecified atom stereocenters. The first kappa shape index (κ1) is 19.4. The summed E-state index contributed by atoms with van der Waals surface area (Å²) in [7, 11) is 0. The van der Waals surface area contributed by atoms with Gasteiger partial charge in [0.1, 0.15) is 6.04 Å². The Hall–Kier alpha value is -1.92. The number of carbonyl (C=O) groups excluding carboxylic acids is 2. The molecule has 1 aliphatic rings. The number of carbonyl (C=O) groups is 2. The number of rotatable bonds is 7. The fourth-order valence-corrected chi connectivity index (χ4v) is 2.85. The van der Waals surface area contributed by atoms with Gasteiger partial charge in [-0.25, -0.2) is 0 Å². The fraction of sp³-hybridized carbons (Fsp3) is 0.579. The highest BCUT2D eigenvalue weighted by Gasteiger charge is 2.24. The van der Waals surface area contributed by atoms with Crippen molar-refractivity contribution in [3.05, 3.63) is 35.4 Å². The van der Waals surface area contributed by atoms with Crippen LogP contribution in [0.15, 0.2) is 24.3 Å². The second kappa shape index (κ2) is 9.53. The van der Waals surface area contributed by atoms with Crippen molar-refractivity contribution in [1.29, 1.82) is 0 Å². The van der Waals surface area contributed by atoms with E-state index < -0.39 is 6.04 Å². The molecular formula is C19H30N4O2. The van der Waals surface area contributed by atoms with E-state index in [0.29, 0.717) is 12.1 Å². The molecular weight excluding hydrogens is 316 g/mol. The van der Waals surface area contributed by atoms with E-state index in [1.807, 2.05) is 32.9 Å². The molecule has 6 heteroatoms. The van der Waals surface area contributed by atoms with Crippen LogP contribution in [-0.4, -0.2) is 62.0 Å². The molecule has 25 heavy (non-hydrogen) atoms. The zero-order valence-electron chi connectivity index (χ0n) is 15.5. The number of hydrogen-bond acceptors (Lipinski definition) is 4. The molecule has 1 heterocycles. The van der Waals surface area contributed by atoms with E-state index >= 15 is 0 Å². The van der Waals surface area contributed by atoms with Gasteiger partial charge in [-0.15, -0.1) is 0 Å². The van der Waals surface area contributed by atoms with Gasteiger partial charge in [-0.3, -0.25) is 14.5 Å². The van der Waals surface area contributed by atoms with E-state index in [1.54, 1.807) is 12.1 Å². The molecule has 1 atom stereocenters. The molecule has 0 aliphatic carbocycles. The number of piperazine rings is 1. The number of amides is 2. The first-order valence-electron chi connectivity index (χ1n) is 9.05. The Morgan fingerprint density at radius 3 is 2.40 bits per heavy atom. The summed E-state index contributed by atoms with van der Waals surface area (Å²) in [5.41, 5.74) is 1.67. The Labute approximate surface area is 150 Å². The van der Waals surface area contributed by atoms with E-state index in [-0.39, 0.29) is 17.7 Å². The predicted molar refractivity (Wildman–Crippen MR) is 99.6 cm³/mol. The minimum absolute atomic E-state index is 0.0218. The number of nitrogens with zero attached hydrogens (tertiary/aromatic N) is 1. The monoisotopic (exact) mass is 346 g/mol. The Morgan fingerprint density at radius 2 is 1.80 bits per heavy atom. The third-order valence-electron chi connectivity index (χ3n) is 4.49. The molecule has 2 rings (SSSR count). The maximum absolute atomic E-state index is 12.5. The largest absolute Gasteiger partial charge is 0.353 e. The van der Waals surface area contributed by atoms with E-state index in [2.05, 4.69) is 20.9 Å². The van der Waals surface area contributed by atoms with Crippen LogP contribution in [0.5, 0.6) is 0 Å². The Balaban J connectivity index is 1.84. The van der Waals surface area contributed by atoms with Crippen molar-refractivity contribution in [1.82, 2.24) is 20.9 Å². The SMILES string of the molecule is Cc1ccc(C(=O)NC(C(=O)NCCN2CCNCC2)C(C)C)cc1. The minimum atomic E-state index is -0.531. The second-order valence-electron chi connectivity index (χ2n) is 6.94. The molecule has 0 radical (unpaired) electrons. The average molecular weight is 346 g/mol. The first-order valence-corrected chi connectivity index (χ1v) is 9.05. The number of benzene rings is 1. The highest BCUT2D eigenvalue weighted by Crippen LogP contribution is 2.07. The molecule has 138 valence electrons. The summed E-state index contributed by atoms with van der Waals surface area (Å²) in [5, 5.41) is 9.14. The van der Waals surface area contributed by atoms with Gasteiger partial charge in [0.05, 0.1) is 0 Å². The van der Waals surface area contributed by atoms with Crippen molar-refractivity contribution in [2.24, 2.45) is 5.92 Å². The third-order valence-corrected chi connectivity index (χ3v) is 4.49. The Morgan fingerprint density at radius 1 is 1.16 bits per heavy atom. The van der Waals surface area contributed by atoms with Gasteiger partial charge in [-0.05, 0) is 25.0 Å². The molecule has 0 saturated carbocycles. The van der Waals surface area contributed by atoms with Gasteiger partial charge in [-0.2, -0.15) is 0 Å². The van der Waals surface area contributed by atoms with Gasteiger partial charge in [0.2, 0.25) is 5.91 Å². The predicted octanol–water partition coefficient (Wildman–Crippen LogP) is 0.771. The maximum Gasteiger partial charge on any atom is 0.251 e. The number of nitrogens with one attached hydrogen (secondary N) is 3. The van der Waals surface area contributed by atoms with Gasteiger partial charge in [0.15, 0.2) is 0 Å². The van der Waals surface area contributed by atoms with Crippen LogP contribution >= 0.6 is 0 Å². The lowest BCUT2D eigenvalue weighted by molar-refractivity contribution is -0.124. The van der Waals surface area contributed by atoms with Crippen LogP contribution in [0, 0.1) is 12.8 Å². The molecule has 3 N–H and O–H groups in total. The summed E-state index contributed by atoms with van der Waals surface area (Å²) in [6, 6.07) is 6.82. The van der Waals surface area contributed by atoms with Crippen molar-refractivity contribution in [3.63, 3.8) is 0 Å². The standard InChI is InChI=1S/C19H30N4O2/c1-14(2)17(22-18(24)16-6-4-15(3)5-7-16)19(25)21-10-13-23-11-8-20-9-12-23/h4-7,14,17,20H,8-13H2,1-3H3,(H,21,25)(H,22,24). The summed E-state index contributed by atoms with van der Waals surface area (Å²) in [6.07, 6.45) is 0. The summed E-state index contributed by atoms with van der Waals surface area (Å²) in [4.78, 5) is 27.2. The Kier molecular flexibility index (Phi) is 7.40. The molecule has 1 fully saturated rings. The smallest absolute Gasteiger partial charge is 0.251 e. The van der Waals surface area contributed by atoms with Crippen LogP contribution in [0.4, 0.5) is 0 Å². The molecule has 1 aliphatic heterocycles. The van der Waals surface area contributed by atoms with Crippen molar-refractivity contribution in [2.45, 2.75) is 26.8 Å². The lowest BCUT2D eigenvalue weighted by Gasteiger charge is -2.28. The molecule has 0 bridgehead atoms. The van der Waals surface area contributed by atoms with Crippen LogP contribution in [0.25, 0.3) is 0 Å². The number of aryl methyl sites for hydroxylation is 1. The second-order valence-corrected chi connectivity index (χ2v) is 6.94. The van der Waals surface area contributed by atoms with Crippen molar-refractivity contribution < 1.29 is 9.59 Å². The zero-order valence-corrected chi connectivity index (χ0v) is 15.5. The quantitative estimate of drug-likeness (QED) is 0.682. The highest BCUT2D eigenvalue weighted by atomic mass is 16.2. The first-order chi connectivity index (χ1) is 12.0. The van der Waals surface area contributed by atoms with Crippen LogP contribution in [0.1, 0.15) is 29.8 Å². The minimum Gasteiger partial charge on any atom is -0.353 e. The van der Waals surface area contributed by atoms with Crippen molar-refractivity contribution in [3.8, 4) is 0 Å². The zero-order chi connectivity index (χ0) is 18.2. The normalized spacial score (nSPS) is 16.5. The molecule has 1 aromatic carbocycles. The summed E-state index contributed by atoms with van der Waals surface area (Å²) < 4.78 is 0. The third kappa shape index (κ3) is 6.14. The molecule has 0 spiro atoms. The molecule has 1 saturated heterocycles. The van der Waals surface area contributed by atoms with Crippen LogP contribution < -0.4 is 16.0 Å². The van der Waals surface area contributed by atoms with Gasteiger partial charge in [0, 0.05) is 44.8 Å². The van der Waals surface area contributed by atoms with Crippen molar-refractivity contribution in [2.75, 3.05) is 39.3 Å². The van der Waals surface area contributed by atoms with Gasteiger partial charge < -0.3 is 16.0 Å². The van der Waals surface area contributed by atoms with Gasteiger partial charge in [-0.1, -0.05) is 31.5 Å². The summed E-state index contributed by atoms with van der Waals surface area (Å²) in [5.74, 6) is -0.310. The summed E-state index contributed by atoms with van der Waals surface area (Å²) >= 11 is 0. The summed E-state index contributed by atoms with van der Waals surface area (Å²) in [6.45, 7) is 11.3. The molecule has 2 amide bonds. The van der Waals surface area contributed by atoms with E-state index in [1.165, 1.54) is 0 Å². The molecule has 0 aromatic heterocycles. The van der Waals surface area contributed by atoms with E-state index in [4.69, 9.17) is 0 Å². The van der Waals surface area contributed by atoms with Crippen LogP contribution in [0.3, 0.4) is 0 Å². The number of hydrogen-bond donors (Lipinski definition) is 3. The van der Waals surface area contributed by atoms with Crippen LogP contribution in [-0.2, 0) is 4.79 Å². The van der Waals surface area contributed by atoms with E-state index in [9.17, 15) is 9.59 Å². The molecule has 1 aromatic rings. The Bertz CT molecular complexity index is 565. The van der Waals surface area contributed by atoms with E-state index in [0.717, 1.165) is 38.3 Å². The fourth-order valence-electron chi connectivity index (χ4n) is 2.85. The topological polar surface area (TPSA) is 73.5 Å². The van der Waals surface area contributed by atoms with Crippen LogP contribution in [0.2, 0.25) is 0 Å². The maximum atomic E-state index is 12.5. The van der Waals surface area contributed by atoms with Gasteiger partial charge in [0.25, 0.3) is 5.91 Å². The van der Waals surface area contributed by atoms with Gasteiger partial charge >= 0.3 is 0 Å².